The van der Waals surface area contributed by atoms with Gasteiger partial charge in [-0.2, -0.15) is 0 Å². The van der Waals surface area contributed by atoms with Gasteiger partial charge in [0.1, 0.15) is 0 Å². The van der Waals surface area contributed by atoms with Gasteiger partial charge in [-0.05, 0) is 0 Å². The van der Waals surface area contributed by atoms with Gasteiger partial charge in [0.2, 0.25) is 0 Å². The standard InChI is InChI=1S/C14H8O2SSe2/c15-7-9-1-5-13(18-9)11-3-4-12(17-11)14-6-2-10(8-16)19-14/h1-8H. The topological polar surface area (TPSA) is 34.1 Å². The summed E-state index contributed by atoms with van der Waals surface area (Å²) >= 11 is 2.04. The number of hydrogen-bond acceptors (Lipinski definition) is 3. The zero-order chi connectivity index (χ0) is 13.2. The van der Waals surface area contributed by atoms with Gasteiger partial charge in [0.25, 0.3) is 0 Å². The summed E-state index contributed by atoms with van der Waals surface area (Å²) in [6.07, 6.45) is 1.89. The molecule has 0 bridgehead atoms. The number of rotatable bonds is 4. The summed E-state index contributed by atoms with van der Waals surface area (Å²) in [5, 5.41) is 0. The van der Waals surface area contributed by atoms with Crippen LogP contribution < -0.4 is 0 Å². The first-order valence-corrected chi connectivity index (χ1v) is 9.75. The Morgan fingerprint density at radius 2 is 1.21 bits per heavy atom. The van der Waals surface area contributed by atoms with Gasteiger partial charge in [-0.15, -0.1) is 0 Å². The second kappa shape index (κ2) is 5.58. The zero-order valence-corrected chi connectivity index (χ0v) is 13.9. The molecule has 0 saturated heterocycles. The van der Waals surface area contributed by atoms with E-state index >= 15 is 0 Å². The Labute approximate surface area is 126 Å². The molecular weight excluding hydrogens is 390 g/mol. The van der Waals surface area contributed by atoms with Crippen LogP contribution >= 0.6 is 11.3 Å². The van der Waals surface area contributed by atoms with Crippen LogP contribution in [0.25, 0.3) is 18.6 Å². The Hall–Kier alpha value is -0.961. The van der Waals surface area contributed by atoms with E-state index in [9.17, 15) is 9.59 Å². The van der Waals surface area contributed by atoms with Gasteiger partial charge in [0.05, 0.1) is 0 Å². The van der Waals surface area contributed by atoms with Crippen LogP contribution in [0.2, 0.25) is 0 Å². The van der Waals surface area contributed by atoms with Crippen molar-refractivity contribution in [3.05, 3.63) is 45.3 Å². The molecule has 19 heavy (non-hydrogen) atoms. The SMILES string of the molecule is O=Cc1ccc(-c2ccc(-c3ccc(C=O)[se]3)s2)[se]1. The van der Waals surface area contributed by atoms with Gasteiger partial charge in [0, 0.05) is 0 Å². The van der Waals surface area contributed by atoms with Gasteiger partial charge in [-0.3, -0.25) is 0 Å². The van der Waals surface area contributed by atoms with E-state index in [1.54, 1.807) is 11.3 Å². The fraction of sp³-hybridized carbons (Fsp3) is 0. The molecule has 3 heterocycles. The fourth-order valence-electron chi connectivity index (χ4n) is 1.70. The van der Waals surface area contributed by atoms with Gasteiger partial charge < -0.3 is 0 Å². The van der Waals surface area contributed by atoms with Crippen LogP contribution in [0, 0.1) is 0 Å². The van der Waals surface area contributed by atoms with Crippen LogP contribution in [0.5, 0.6) is 0 Å². The van der Waals surface area contributed by atoms with Crippen molar-refractivity contribution in [2.45, 2.75) is 0 Å². The van der Waals surface area contributed by atoms with Crippen molar-refractivity contribution >= 4 is 52.9 Å². The first-order valence-electron chi connectivity index (χ1n) is 5.51. The number of hydrogen-bond donors (Lipinski definition) is 0. The van der Waals surface area contributed by atoms with Crippen LogP contribution in [-0.4, -0.2) is 41.6 Å². The predicted octanol–water partition coefficient (Wildman–Crippen LogP) is 2.82. The van der Waals surface area contributed by atoms with Crippen LogP contribution in [0.15, 0.2) is 36.4 Å². The number of aldehydes is 2. The predicted molar refractivity (Wildman–Crippen MR) is 79.8 cm³/mol. The Balaban J connectivity index is 1.94. The second-order valence-corrected chi connectivity index (χ2v) is 9.57. The molecule has 0 amide bonds. The molecule has 0 aliphatic carbocycles. The van der Waals surface area contributed by atoms with Gasteiger partial charge in [0.15, 0.2) is 0 Å². The van der Waals surface area contributed by atoms with Crippen LogP contribution in [0.4, 0.5) is 0 Å². The molecule has 0 N–H and O–H groups in total. The molecular formula is C14H8O2SSe2. The first kappa shape index (κ1) is 13.0. The summed E-state index contributed by atoms with van der Waals surface area (Å²) in [7, 11) is 0. The van der Waals surface area contributed by atoms with Crippen LogP contribution in [0.3, 0.4) is 0 Å². The Morgan fingerprint density at radius 3 is 1.58 bits per heavy atom. The summed E-state index contributed by atoms with van der Waals surface area (Å²) in [6, 6.07) is 12.1. The number of carbonyl (C=O) groups excluding carboxylic acids is 2. The summed E-state index contributed by atoms with van der Waals surface area (Å²) in [5.41, 5.74) is 0. The van der Waals surface area contributed by atoms with E-state index in [0.717, 1.165) is 21.4 Å². The molecule has 0 unspecified atom stereocenters. The first-order chi connectivity index (χ1) is 9.30. The van der Waals surface area contributed by atoms with Crippen molar-refractivity contribution in [1.29, 1.82) is 0 Å². The molecule has 5 heteroatoms. The van der Waals surface area contributed by atoms with Crippen LogP contribution in [-0.2, 0) is 0 Å². The average Bonchev–Trinajstić information content (AvgIpc) is 3.16. The normalized spacial score (nSPS) is 10.5. The quantitative estimate of drug-likeness (QED) is 0.501. The molecule has 3 aromatic heterocycles. The molecule has 0 saturated carbocycles. The maximum atomic E-state index is 10.7. The summed E-state index contributed by atoms with van der Waals surface area (Å²) < 4.78 is 4.32. The maximum absolute atomic E-state index is 10.7. The van der Waals surface area contributed by atoms with Crippen molar-refractivity contribution in [3.8, 4) is 18.6 Å². The molecule has 94 valence electrons. The van der Waals surface area contributed by atoms with E-state index in [0.29, 0.717) is 0 Å². The molecule has 2 nitrogen and oxygen atoms in total. The summed E-state index contributed by atoms with van der Waals surface area (Å²) in [5.74, 6) is 0. The minimum absolute atomic E-state index is 0.144. The van der Waals surface area contributed by atoms with E-state index in [-0.39, 0.29) is 29.0 Å². The Bertz CT molecular complexity index is 675. The molecule has 0 atom stereocenters. The van der Waals surface area contributed by atoms with E-state index in [1.807, 2.05) is 24.3 Å². The molecule has 0 aliphatic heterocycles. The van der Waals surface area contributed by atoms with Crippen molar-refractivity contribution in [2.24, 2.45) is 0 Å². The molecule has 0 aliphatic rings. The van der Waals surface area contributed by atoms with Gasteiger partial charge >= 0.3 is 126 Å². The monoisotopic (exact) mass is 400 g/mol. The van der Waals surface area contributed by atoms with Gasteiger partial charge in [-0.1, -0.05) is 0 Å². The fourth-order valence-corrected chi connectivity index (χ4v) is 6.62. The van der Waals surface area contributed by atoms with E-state index in [2.05, 4.69) is 12.1 Å². The Kier molecular flexibility index (Phi) is 3.83. The molecule has 0 radical (unpaired) electrons. The summed E-state index contributed by atoms with van der Waals surface area (Å²) in [6.45, 7) is 0. The zero-order valence-electron chi connectivity index (χ0n) is 9.66. The summed E-state index contributed by atoms with van der Waals surface area (Å²) in [4.78, 5) is 23.9. The third kappa shape index (κ3) is 2.66. The molecule has 3 rings (SSSR count). The van der Waals surface area contributed by atoms with Crippen molar-refractivity contribution in [1.82, 2.24) is 0 Å². The van der Waals surface area contributed by atoms with Crippen LogP contribution in [0.1, 0.15) is 18.5 Å². The second-order valence-electron chi connectivity index (χ2n) is 3.80. The van der Waals surface area contributed by atoms with E-state index in [1.165, 1.54) is 18.6 Å². The van der Waals surface area contributed by atoms with E-state index < -0.39 is 0 Å². The number of thiophene rings is 1. The minimum atomic E-state index is 0.144. The molecule has 0 fully saturated rings. The third-order valence-corrected chi connectivity index (χ3v) is 8.69. The molecule has 3 aromatic rings. The number of carbonyl (C=O) groups is 2. The molecule has 0 spiro atoms. The van der Waals surface area contributed by atoms with Crippen molar-refractivity contribution < 1.29 is 9.59 Å². The molecule has 0 aromatic carbocycles. The average molecular weight is 398 g/mol. The van der Waals surface area contributed by atoms with Crippen molar-refractivity contribution in [3.63, 3.8) is 0 Å². The Morgan fingerprint density at radius 1 is 0.737 bits per heavy atom. The van der Waals surface area contributed by atoms with E-state index in [4.69, 9.17) is 0 Å². The third-order valence-electron chi connectivity index (χ3n) is 2.58. The van der Waals surface area contributed by atoms with Gasteiger partial charge in [-0.25, -0.2) is 0 Å². The van der Waals surface area contributed by atoms with Crippen molar-refractivity contribution in [2.75, 3.05) is 0 Å².